The van der Waals surface area contributed by atoms with Crippen LogP contribution in [-0.2, 0) is 4.79 Å². The molecule has 0 aliphatic rings. The van der Waals surface area contributed by atoms with Crippen molar-refractivity contribution in [1.82, 2.24) is 20.6 Å². The number of amides is 2. The molecule has 0 spiro atoms. The third kappa shape index (κ3) is 6.84. The predicted octanol–water partition coefficient (Wildman–Crippen LogP) is 1.91. The van der Waals surface area contributed by atoms with Crippen molar-refractivity contribution in [3.8, 4) is 0 Å². The van der Waals surface area contributed by atoms with E-state index in [0.717, 1.165) is 17.2 Å². The summed E-state index contributed by atoms with van der Waals surface area (Å²) in [5.74, 6) is -1.96. The molecule has 0 bridgehead atoms. The van der Waals surface area contributed by atoms with E-state index in [0.29, 0.717) is 18.4 Å². The van der Waals surface area contributed by atoms with E-state index in [9.17, 15) is 19.5 Å². The van der Waals surface area contributed by atoms with E-state index in [2.05, 4.69) is 25.6 Å². The molecule has 192 valence electrons. The van der Waals surface area contributed by atoms with Crippen molar-refractivity contribution in [2.45, 2.75) is 45.2 Å². The van der Waals surface area contributed by atoms with Gasteiger partial charge in [-0.15, -0.1) is 0 Å². The van der Waals surface area contributed by atoms with Crippen molar-refractivity contribution >= 4 is 34.6 Å². The maximum absolute atomic E-state index is 13.0. The van der Waals surface area contributed by atoms with E-state index in [1.54, 1.807) is 6.20 Å². The molecule has 0 aliphatic heterocycles. The summed E-state index contributed by atoms with van der Waals surface area (Å²) in [7, 11) is 0. The fourth-order valence-electron chi connectivity index (χ4n) is 3.73. The standard InChI is InChI=1S/C24H31N7O5/c1-13(2)10-18(30-20(32)15-11-28-16-7-4-3-6-14(15)16)22-31-19(12-36-22)21(33)29-17(23(34)35)8-5-9-27-24(25)26/h3-4,6-7,11-13,17-18,28H,5,8-10H2,1-2H3,(H,29,33)(H,30,32)(H,34,35)(H4,25,26,27). The van der Waals surface area contributed by atoms with Crippen LogP contribution in [0.5, 0.6) is 0 Å². The number of aromatic nitrogens is 2. The number of carbonyl (C=O) groups is 3. The number of aromatic amines is 1. The lowest BCUT2D eigenvalue weighted by Gasteiger charge is -2.17. The van der Waals surface area contributed by atoms with Crippen LogP contribution in [-0.4, -0.2) is 51.4 Å². The molecule has 3 aromatic rings. The Kier molecular flexibility index (Phi) is 8.66. The molecule has 0 fully saturated rings. The molecule has 3 rings (SSSR count). The second kappa shape index (κ2) is 11.9. The van der Waals surface area contributed by atoms with E-state index in [1.807, 2.05) is 38.1 Å². The summed E-state index contributed by atoms with van der Waals surface area (Å²) in [5.41, 5.74) is 11.8. The predicted molar refractivity (Wildman–Crippen MR) is 133 cm³/mol. The van der Waals surface area contributed by atoms with Gasteiger partial charge in [0.1, 0.15) is 18.3 Å². The molecular weight excluding hydrogens is 466 g/mol. The minimum absolute atomic E-state index is 0.0874. The normalized spacial score (nSPS) is 12.8. The first-order chi connectivity index (χ1) is 17.2. The third-order valence-corrected chi connectivity index (χ3v) is 5.45. The average molecular weight is 498 g/mol. The maximum Gasteiger partial charge on any atom is 0.326 e. The lowest BCUT2D eigenvalue weighted by molar-refractivity contribution is -0.139. The highest BCUT2D eigenvalue weighted by Gasteiger charge is 2.26. The van der Waals surface area contributed by atoms with Gasteiger partial charge >= 0.3 is 5.97 Å². The summed E-state index contributed by atoms with van der Waals surface area (Å²) in [4.78, 5) is 48.4. The number of hydrogen-bond donors (Lipinski definition) is 6. The topological polar surface area (TPSA) is 202 Å². The Morgan fingerprint density at radius 2 is 1.92 bits per heavy atom. The Balaban J connectivity index is 1.71. The second-order valence-electron chi connectivity index (χ2n) is 8.79. The molecule has 2 atom stereocenters. The first-order valence-corrected chi connectivity index (χ1v) is 11.6. The Bertz CT molecular complexity index is 1240. The van der Waals surface area contributed by atoms with Gasteiger partial charge in [-0.25, -0.2) is 9.78 Å². The lowest BCUT2D eigenvalue weighted by atomic mass is 10.0. The fourth-order valence-corrected chi connectivity index (χ4v) is 3.73. The zero-order valence-electron chi connectivity index (χ0n) is 20.2. The van der Waals surface area contributed by atoms with Gasteiger partial charge in [0.25, 0.3) is 11.8 Å². The Labute approximate surface area is 207 Å². The number of nitrogens with two attached hydrogens (primary N) is 2. The van der Waals surface area contributed by atoms with Gasteiger partial charge in [0.15, 0.2) is 11.7 Å². The van der Waals surface area contributed by atoms with E-state index in [1.165, 1.54) is 0 Å². The number of carboxylic acids is 1. The van der Waals surface area contributed by atoms with E-state index in [4.69, 9.17) is 15.9 Å². The minimum atomic E-state index is -1.19. The highest BCUT2D eigenvalue weighted by molar-refractivity contribution is 6.06. The number of fused-ring (bicyclic) bond motifs is 1. The SMILES string of the molecule is CC(C)CC(NC(=O)c1c[nH]c2ccccc12)c1nc(C(=O)NC(CCCN=C(N)N)C(=O)O)co1. The van der Waals surface area contributed by atoms with Gasteiger partial charge in [-0.2, -0.15) is 0 Å². The molecule has 2 unspecified atom stereocenters. The smallest absolute Gasteiger partial charge is 0.326 e. The number of H-pyrrole nitrogens is 1. The number of aliphatic carboxylic acids is 1. The average Bonchev–Trinajstić information content (AvgIpc) is 3.47. The summed E-state index contributed by atoms with van der Waals surface area (Å²) < 4.78 is 5.53. The molecule has 0 radical (unpaired) electrons. The number of aliphatic imine (C=N–C) groups is 1. The molecule has 0 aliphatic carbocycles. The largest absolute Gasteiger partial charge is 0.480 e. The summed E-state index contributed by atoms with van der Waals surface area (Å²) in [6.07, 6.45) is 3.78. The van der Waals surface area contributed by atoms with Crippen LogP contribution in [0.15, 0.2) is 46.1 Å². The number of para-hydroxylation sites is 1. The van der Waals surface area contributed by atoms with Crippen molar-refractivity contribution in [2.75, 3.05) is 6.54 Å². The molecule has 1 aromatic carbocycles. The van der Waals surface area contributed by atoms with Crippen LogP contribution in [0.25, 0.3) is 10.9 Å². The summed E-state index contributed by atoms with van der Waals surface area (Å²) >= 11 is 0. The lowest BCUT2D eigenvalue weighted by Crippen LogP contribution is -2.41. The molecule has 2 amide bonds. The molecule has 2 aromatic heterocycles. The summed E-state index contributed by atoms with van der Waals surface area (Å²) in [6, 6.07) is 5.70. The van der Waals surface area contributed by atoms with Crippen molar-refractivity contribution in [2.24, 2.45) is 22.4 Å². The van der Waals surface area contributed by atoms with Crippen molar-refractivity contribution < 1.29 is 23.9 Å². The van der Waals surface area contributed by atoms with Gasteiger partial charge in [0.2, 0.25) is 5.89 Å². The number of carbonyl (C=O) groups excluding carboxylic acids is 2. The number of guanidine groups is 1. The first kappa shape index (κ1) is 26.3. The highest BCUT2D eigenvalue weighted by atomic mass is 16.4. The van der Waals surface area contributed by atoms with Crippen LogP contribution in [0.1, 0.15) is 65.9 Å². The number of hydrogen-bond acceptors (Lipinski definition) is 6. The highest BCUT2D eigenvalue weighted by Crippen LogP contribution is 2.24. The molecular formula is C24H31N7O5. The van der Waals surface area contributed by atoms with Crippen LogP contribution >= 0.6 is 0 Å². The maximum atomic E-state index is 13.0. The van der Waals surface area contributed by atoms with Crippen molar-refractivity contribution in [3.05, 3.63) is 53.9 Å². The molecule has 8 N–H and O–H groups in total. The monoisotopic (exact) mass is 497 g/mol. The second-order valence-corrected chi connectivity index (χ2v) is 8.79. The number of carboxylic acid groups (broad SMARTS) is 1. The van der Waals surface area contributed by atoms with Gasteiger partial charge in [-0.3, -0.25) is 14.6 Å². The van der Waals surface area contributed by atoms with Crippen LogP contribution in [0, 0.1) is 5.92 Å². The number of benzene rings is 1. The minimum Gasteiger partial charge on any atom is -0.480 e. The Morgan fingerprint density at radius 1 is 1.17 bits per heavy atom. The van der Waals surface area contributed by atoms with E-state index < -0.39 is 24.0 Å². The molecule has 12 heteroatoms. The summed E-state index contributed by atoms with van der Waals surface area (Å²) in [6.45, 7) is 4.21. The fraction of sp³-hybridized carbons (Fsp3) is 0.375. The van der Waals surface area contributed by atoms with Crippen molar-refractivity contribution in [3.63, 3.8) is 0 Å². The van der Waals surface area contributed by atoms with Crippen LogP contribution in [0.2, 0.25) is 0 Å². The number of oxazole rings is 1. The first-order valence-electron chi connectivity index (χ1n) is 11.6. The Morgan fingerprint density at radius 3 is 2.61 bits per heavy atom. The van der Waals surface area contributed by atoms with Gasteiger partial charge in [0.05, 0.1) is 5.56 Å². The number of rotatable bonds is 12. The van der Waals surface area contributed by atoms with E-state index in [-0.39, 0.29) is 42.3 Å². The molecule has 0 saturated heterocycles. The van der Waals surface area contributed by atoms with Gasteiger partial charge in [-0.1, -0.05) is 32.0 Å². The summed E-state index contributed by atoms with van der Waals surface area (Å²) in [5, 5.41) is 15.6. The molecule has 12 nitrogen and oxygen atoms in total. The molecule has 36 heavy (non-hydrogen) atoms. The zero-order valence-corrected chi connectivity index (χ0v) is 20.2. The number of nitrogens with zero attached hydrogens (tertiary/aromatic N) is 2. The van der Waals surface area contributed by atoms with Crippen LogP contribution in [0.3, 0.4) is 0 Å². The Hall–Kier alpha value is -4.35. The zero-order chi connectivity index (χ0) is 26.2. The van der Waals surface area contributed by atoms with Crippen LogP contribution < -0.4 is 22.1 Å². The van der Waals surface area contributed by atoms with Gasteiger partial charge in [-0.05, 0) is 31.2 Å². The van der Waals surface area contributed by atoms with Crippen molar-refractivity contribution in [1.29, 1.82) is 0 Å². The molecule has 2 heterocycles. The van der Waals surface area contributed by atoms with Crippen LogP contribution in [0.4, 0.5) is 0 Å². The van der Waals surface area contributed by atoms with Gasteiger partial charge in [0, 0.05) is 23.6 Å². The quantitative estimate of drug-likeness (QED) is 0.124. The third-order valence-electron chi connectivity index (χ3n) is 5.45. The molecule has 0 saturated carbocycles. The number of nitrogens with one attached hydrogen (secondary N) is 3. The van der Waals surface area contributed by atoms with Gasteiger partial charge < -0.3 is 36.6 Å². The van der Waals surface area contributed by atoms with E-state index >= 15 is 0 Å².